The predicted molar refractivity (Wildman–Crippen MR) is 138 cm³/mol. The standard InChI is InChI=1S/C28H33N3O6/c1-28(27(33)29-15-21-8-6-12-37-21)17-30-22-14-20(34-2)11-10-18(22)13-23(30)26(32)31(28)16-19-7-5-9-24(35-3)25(19)36-4/h5,7,9-11,13-14,21H,6,8,12,15-17H2,1-4H3,(H,29,33)/t21-,28-/m0/s1. The van der Waals surface area contributed by atoms with Crippen LogP contribution < -0.4 is 19.5 Å². The number of aromatic nitrogens is 1. The van der Waals surface area contributed by atoms with Crippen molar-refractivity contribution in [1.29, 1.82) is 0 Å². The molecule has 37 heavy (non-hydrogen) atoms. The van der Waals surface area contributed by atoms with Gasteiger partial charge in [-0.15, -0.1) is 0 Å². The fraction of sp³-hybridized carbons (Fsp3) is 0.429. The van der Waals surface area contributed by atoms with E-state index in [0.29, 0.717) is 36.1 Å². The molecule has 1 fully saturated rings. The van der Waals surface area contributed by atoms with E-state index in [2.05, 4.69) is 5.32 Å². The molecule has 0 radical (unpaired) electrons. The highest BCUT2D eigenvalue weighted by molar-refractivity contribution is 6.03. The molecule has 196 valence electrons. The van der Waals surface area contributed by atoms with Crippen LogP contribution in [0.2, 0.25) is 0 Å². The monoisotopic (exact) mass is 507 g/mol. The Bertz CT molecular complexity index is 1330. The van der Waals surface area contributed by atoms with Gasteiger partial charge in [0.1, 0.15) is 17.0 Å². The highest BCUT2D eigenvalue weighted by Gasteiger charge is 2.48. The van der Waals surface area contributed by atoms with Gasteiger partial charge in [0.2, 0.25) is 5.91 Å². The van der Waals surface area contributed by atoms with Gasteiger partial charge < -0.3 is 33.7 Å². The maximum atomic E-state index is 14.1. The van der Waals surface area contributed by atoms with E-state index in [1.165, 1.54) is 0 Å². The summed E-state index contributed by atoms with van der Waals surface area (Å²) in [6.07, 6.45) is 1.89. The quantitative estimate of drug-likeness (QED) is 0.503. The van der Waals surface area contributed by atoms with Gasteiger partial charge in [0.25, 0.3) is 5.91 Å². The first kappa shape index (κ1) is 25.0. The summed E-state index contributed by atoms with van der Waals surface area (Å²) in [6.45, 7) is 3.39. The topological polar surface area (TPSA) is 91.3 Å². The summed E-state index contributed by atoms with van der Waals surface area (Å²) in [5, 5.41) is 3.97. The van der Waals surface area contributed by atoms with Crippen molar-refractivity contribution in [3.05, 3.63) is 53.7 Å². The molecule has 0 bridgehead atoms. The Morgan fingerprint density at radius 3 is 2.68 bits per heavy atom. The lowest BCUT2D eigenvalue weighted by Gasteiger charge is -2.44. The zero-order valence-corrected chi connectivity index (χ0v) is 21.7. The number of benzene rings is 2. The number of nitrogens with zero attached hydrogens (tertiary/aromatic N) is 2. The Balaban J connectivity index is 1.57. The molecule has 0 aliphatic carbocycles. The number of carbonyl (C=O) groups is 2. The lowest BCUT2D eigenvalue weighted by atomic mass is 9.93. The van der Waals surface area contributed by atoms with Crippen molar-refractivity contribution < 1.29 is 28.5 Å². The molecule has 0 spiro atoms. The summed E-state index contributed by atoms with van der Waals surface area (Å²) in [4.78, 5) is 29.6. The maximum Gasteiger partial charge on any atom is 0.271 e. The summed E-state index contributed by atoms with van der Waals surface area (Å²) in [5.74, 6) is 1.33. The average Bonchev–Trinajstić information content (AvgIpc) is 3.57. The van der Waals surface area contributed by atoms with Crippen LogP contribution in [0.15, 0.2) is 42.5 Å². The predicted octanol–water partition coefficient (Wildman–Crippen LogP) is 3.38. The Labute approximate surface area is 216 Å². The van der Waals surface area contributed by atoms with Crippen LogP contribution in [0.5, 0.6) is 17.2 Å². The smallest absolute Gasteiger partial charge is 0.271 e. The Morgan fingerprint density at radius 2 is 1.97 bits per heavy atom. The number of methoxy groups -OCH3 is 3. The Morgan fingerprint density at radius 1 is 1.14 bits per heavy atom. The van der Waals surface area contributed by atoms with Crippen molar-refractivity contribution in [2.24, 2.45) is 0 Å². The van der Waals surface area contributed by atoms with E-state index >= 15 is 0 Å². The molecule has 2 aromatic carbocycles. The molecule has 0 unspecified atom stereocenters. The van der Waals surface area contributed by atoms with Crippen molar-refractivity contribution in [1.82, 2.24) is 14.8 Å². The van der Waals surface area contributed by atoms with Gasteiger partial charge in [-0.2, -0.15) is 0 Å². The number of para-hydroxylation sites is 1. The van der Waals surface area contributed by atoms with Gasteiger partial charge in [-0.05, 0) is 44.0 Å². The maximum absolute atomic E-state index is 14.1. The number of rotatable bonds is 8. The number of hydrogen-bond donors (Lipinski definition) is 1. The van der Waals surface area contributed by atoms with Crippen molar-refractivity contribution in [2.75, 3.05) is 34.5 Å². The van der Waals surface area contributed by atoms with E-state index < -0.39 is 5.54 Å². The normalized spacial score (nSPS) is 21.1. The minimum Gasteiger partial charge on any atom is -0.497 e. The van der Waals surface area contributed by atoms with Crippen LogP contribution in [0.4, 0.5) is 0 Å². The molecule has 1 N–H and O–H groups in total. The lowest BCUT2D eigenvalue weighted by Crippen LogP contribution is -2.64. The molecule has 2 aliphatic rings. The first-order chi connectivity index (χ1) is 17.9. The average molecular weight is 508 g/mol. The molecule has 3 heterocycles. The third-order valence-corrected chi connectivity index (χ3v) is 7.45. The third-order valence-electron chi connectivity index (χ3n) is 7.45. The van der Waals surface area contributed by atoms with Gasteiger partial charge in [-0.3, -0.25) is 9.59 Å². The van der Waals surface area contributed by atoms with Crippen LogP contribution in [0.25, 0.3) is 10.9 Å². The van der Waals surface area contributed by atoms with Crippen LogP contribution in [-0.4, -0.2) is 67.4 Å². The van der Waals surface area contributed by atoms with Gasteiger partial charge in [0, 0.05) is 30.2 Å². The van der Waals surface area contributed by atoms with Crippen molar-refractivity contribution in [3.63, 3.8) is 0 Å². The summed E-state index contributed by atoms with van der Waals surface area (Å²) in [6, 6.07) is 13.1. The molecule has 0 saturated carbocycles. The van der Waals surface area contributed by atoms with Crippen LogP contribution in [-0.2, 0) is 22.6 Å². The highest BCUT2D eigenvalue weighted by Crippen LogP contribution is 2.38. The van der Waals surface area contributed by atoms with Crippen molar-refractivity contribution in [3.8, 4) is 17.2 Å². The molecule has 5 rings (SSSR count). The summed E-state index contributed by atoms with van der Waals surface area (Å²) in [5.41, 5.74) is 0.944. The van der Waals surface area contributed by atoms with E-state index in [1.54, 1.807) is 32.3 Å². The number of nitrogens with one attached hydrogen (secondary N) is 1. The fourth-order valence-electron chi connectivity index (χ4n) is 5.36. The van der Waals surface area contributed by atoms with Crippen LogP contribution >= 0.6 is 0 Å². The van der Waals surface area contributed by atoms with E-state index in [0.717, 1.165) is 29.3 Å². The summed E-state index contributed by atoms with van der Waals surface area (Å²) >= 11 is 0. The fourth-order valence-corrected chi connectivity index (χ4v) is 5.36. The SMILES string of the molecule is COc1ccc2cc3n(c2c1)C[C@@](C)(C(=O)NC[C@@H]1CCCO1)N(Cc1cccc(OC)c1OC)C3=O. The molecule has 2 amide bonds. The van der Waals surface area contributed by atoms with Crippen molar-refractivity contribution in [2.45, 2.75) is 44.5 Å². The van der Waals surface area contributed by atoms with E-state index in [9.17, 15) is 9.59 Å². The number of fused-ring (bicyclic) bond motifs is 3. The second-order valence-electron chi connectivity index (χ2n) is 9.70. The summed E-state index contributed by atoms with van der Waals surface area (Å²) in [7, 11) is 4.75. The van der Waals surface area contributed by atoms with Gasteiger partial charge in [0.15, 0.2) is 11.5 Å². The molecule has 9 heteroatoms. The first-order valence-electron chi connectivity index (χ1n) is 12.5. The lowest BCUT2D eigenvalue weighted by molar-refractivity contribution is -0.133. The van der Waals surface area contributed by atoms with Gasteiger partial charge >= 0.3 is 0 Å². The number of hydrogen-bond acceptors (Lipinski definition) is 6. The molecule has 1 saturated heterocycles. The largest absolute Gasteiger partial charge is 0.497 e. The Kier molecular flexibility index (Phi) is 6.72. The highest BCUT2D eigenvalue weighted by atomic mass is 16.5. The molecule has 2 atom stereocenters. The minimum absolute atomic E-state index is 0.00833. The van der Waals surface area contributed by atoms with Gasteiger partial charge in [-0.25, -0.2) is 0 Å². The number of ether oxygens (including phenoxy) is 4. The molecular formula is C28H33N3O6. The van der Waals surface area contributed by atoms with E-state index in [1.807, 2.05) is 47.9 Å². The summed E-state index contributed by atoms with van der Waals surface area (Å²) < 4.78 is 24.2. The second-order valence-corrected chi connectivity index (χ2v) is 9.70. The number of carbonyl (C=O) groups excluding carboxylic acids is 2. The number of amides is 2. The molecule has 9 nitrogen and oxygen atoms in total. The molecule has 3 aromatic rings. The minimum atomic E-state index is -1.17. The van der Waals surface area contributed by atoms with E-state index in [4.69, 9.17) is 18.9 Å². The third kappa shape index (κ3) is 4.37. The van der Waals surface area contributed by atoms with Crippen molar-refractivity contribution >= 4 is 22.7 Å². The van der Waals surface area contributed by atoms with Crippen LogP contribution in [0.3, 0.4) is 0 Å². The zero-order valence-electron chi connectivity index (χ0n) is 21.7. The second kappa shape index (κ2) is 9.97. The van der Waals surface area contributed by atoms with Crippen LogP contribution in [0, 0.1) is 0 Å². The van der Waals surface area contributed by atoms with Crippen LogP contribution in [0.1, 0.15) is 35.8 Å². The molecule has 1 aromatic heterocycles. The first-order valence-corrected chi connectivity index (χ1v) is 12.5. The molecular weight excluding hydrogens is 474 g/mol. The van der Waals surface area contributed by atoms with Gasteiger partial charge in [0.05, 0.1) is 46.0 Å². The zero-order chi connectivity index (χ0) is 26.2. The van der Waals surface area contributed by atoms with E-state index in [-0.39, 0.29) is 31.0 Å². The van der Waals surface area contributed by atoms with Gasteiger partial charge in [-0.1, -0.05) is 12.1 Å². The molecule has 2 aliphatic heterocycles. The Hall–Kier alpha value is -3.72.